The lowest BCUT2D eigenvalue weighted by Crippen LogP contribution is -2.41. The van der Waals surface area contributed by atoms with Gasteiger partial charge in [-0.2, -0.15) is 22.0 Å². The lowest BCUT2D eigenvalue weighted by atomic mass is 10.2. The van der Waals surface area contributed by atoms with Gasteiger partial charge in [-0.15, -0.1) is 0 Å². The van der Waals surface area contributed by atoms with Gasteiger partial charge in [0.05, 0.1) is 0 Å². The van der Waals surface area contributed by atoms with Crippen molar-refractivity contribution in [3.8, 4) is 5.75 Å². The van der Waals surface area contributed by atoms with Gasteiger partial charge < -0.3 is 10.1 Å². The van der Waals surface area contributed by atoms with Gasteiger partial charge in [0.15, 0.2) is 0 Å². The Morgan fingerprint density at radius 2 is 1.60 bits per heavy atom. The standard InChI is InChI=1S/C12H13F5N2O/c1-7(2)10(18)19-8-3-5-9(6-4-8)20-12(16,17)11(13,14)15/h3-7H,1-2H3,(H2,18,19). The van der Waals surface area contributed by atoms with E-state index in [1.54, 1.807) is 13.8 Å². The number of nitrogens with one attached hydrogen (secondary N) is 2. The summed E-state index contributed by atoms with van der Waals surface area (Å²) in [6.45, 7) is 3.55. The van der Waals surface area contributed by atoms with Gasteiger partial charge in [0, 0.05) is 11.6 Å². The van der Waals surface area contributed by atoms with Crippen molar-refractivity contribution in [2.45, 2.75) is 26.1 Å². The van der Waals surface area contributed by atoms with Crippen molar-refractivity contribution in [2.75, 3.05) is 5.32 Å². The molecule has 0 atom stereocenters. The lowest BCUT2D eigenvalue weighted by Gasteiger charge is -2.20. The molecule has 0 aliphatic carbocycles. The third kappa shape index (κ3) is 4.07. The van der Waals surface area contributed by atoms with Crippen LogP contribution in [0.2, 0.25) is 0 Å². The van der Waals surface area contributed by atoms with Gasteiger partial charge in [0.25, 0.3) is 0 Å². The van der Waals surface area contributed by atoms with Crippen molar-refractivity contribution in [1.82, 2.24) is 0 Å². The van der Waals surface area contributed by atoms with Gasteiger partial charge in [0.2, 0.25) is 0 Å². The summed E-state index contributed by atoms with van der Waals surface area (Å²) in [6.07, 6.45) is -11.0. The molecule has 20 heavy (non-hydrogen) atoms. The van der Waals surface area contributed by atoms with Gasteiger partial charge in [0.1, 0.15) is 11.6 Å². The number of alkyl halides is 5. The third-order valence-corrected chi connectivity index (χ3v) is 2.29. The molecule has 0 saturated carbocycles. The largest absolute Gasteiger partial charge is 0.499 e. The van der Waals surface area contributed by atoms with Crippen LogP contribution < -0.4 is 10.1 Å². The number of amidine groups is 1. The molecule has 0 aromatic heterocycles. The molecule has 0 fully saturated rings. The first-order valence-electron chi connectivity index (χ1n) is 5.62. The first kappa shape index (κ1) is 16.2. The molecule has 0 bridgehead atoms. The number of ether oxygens (including phenoxy) is 1. The summed E-state index contributed by atoms with van der Waals surface area (Å²) in [4.78, 5) is 0. The number of hydrogen-bond acceptors (Lipinski definition) is 2. The molecule has 1 aromatic rings. The third-order valence-electron chi connectivity index (χ3n) is 2.29. The van der Waals surface area contributed by atoms with E-state index in [-0.39, 0.29) is 11.8 Å². The summed E-state index contributed by atoms with van der Waals surface area (Å²) in [7, 11) is 0. The molecule has 112 valence electrons. The fraction of sp³-hybridized carbons (Fsp3) is 0.417. The van der Waals surface area contributed by atoms with Gasteiger partial charge in [-0.25, -0.2) is 0 Å². The van der Waals surface area contributed by atoms with Crippen LogP contribution in [0.3, 0.4) is 0 Å². The van der Waals surface area contributed by atoms with Gasteiger partial charge in [-0.3, -0.25) is 5.41 Å². The fourth-order valence-corrected chi connectivity index (χ4v) is 1.11. The monoisotopic (exact) mass is 296 g/mol. The van der Waals surface area contributed by atoms with Crippen molar-refractivity contribution in [3.05, 3.63) is 24.3 Å². The van der Waals surface area contributed by atoms with Gasteiger partial charge in [-0.1, -0.05) is 13.8 Å². The zero-order valence-corrected chi connectivity index (χ0v) is 10.7. The van der Waals surface area contributed by atoms with E-state index in [1.165, 1.54) is 12.1 Å². The normalized spacial score (nSPS) is 12.4. The molecule has 0 unspecified atom stereocenters. The molecule has 1 rings (SSSR count). The van der Waals surface area contributed by atoms with Crippen molar-refractivity contribution in [2.24, 2.45) is 5.92 Å². The number of halogens is 5. The van der Waals surface area contributed by atoms with Crippen LogP contribution in [0.15, 0.2) is 24.3 Å². The Morgan fingerprint density at radius 3 is 2.00 bits per heavy atom. The Labute approximate surface area is 112 Å². The van der Waals surface area contributed by atoms with Crippen LogP contribution in [0.5, 0.6) is 5.75 Å². The molecule has 3 nitrogen and oxygen atoms in total. The van der Waals surface area contributed by atoms with Crippen LogP contribution in [-0.2, 0) is 0 Å². The summed E-state index contributed by atoms with van der Waals surface area (Å²) >= 11 is 0. The van der Waals surface area contributed by atoms with E-state index in [9.17, 15) is 22.0 Å². The van der Waals surface area contributed by atoms with Crippen molar-refractivity contribution >= 4 is 11.5 Å². The van der Waals surface area contributed by atoms with Crippen LogP contribution in [0.1, 0.15) is 13.8 Å². The summed E-state index contributed by atoms with van der Waals surface area (Å²) in [5.74, 6) is -0.492. The van der Waals surface area contributed by atoms with E-state index in [0.29, 0.717) is 5.69 Å². The fourth-order valence-electron chi connectivity index (χ4n) is 1.11. The minimum atomic E-state index is -5.77. The molecule has 0 radical (unpaired) electrons. The first-order valence-corrected chi connectivity index (χ1v) is 5.62. The average Bonchev–Trinajstić information content (AvgIpc) is 2.29. The van der Waals surface area contributed by atoms with E-state index < -0.39 is 18.0 Å². The summed E-state index contributed by atoms with van der Waals surface area (Å²) < 4.78 is 64.7. The Kier molecular flexibility index (Phi) is 4.57. The van der Waals surface area contributed by atoms with E-state index in [0.717, 1.165) is 12.1 Å². The molecule has 1 aromatic carbocycles. The summed E-state index contributed by atoms with van der Waals surface area (Å²) in [5, 5.41) is 10.2. The molecule has 0 aliphatic rings. The highest BCUT2D eigenvalue weighted by Gasteiger charge is 2.61. The van der Waals surface area contributed by atoms with Crippen LogP contribution in [-0.4, -0.2) is 18.1 Å². The van der Waals surface area contributed by atoms with Crippen LogP contribution >= 0.6 is 0 Å². The predicted octanol–water partition coefficient (Wildman–Crippen LogP) is 4.27. The second-order valence-corrected chi connectivity index (χ2v) is 4.33. The summed E-state index contributed by atoms with van der Waals surface area (Å²) in [6, 6.07) is 4.43. The molecule has 8 heteroatoms. The molecular weight excluding hydrogens is 283 g/mol. The predicted molar refractivity (Wildman–Crippen MR) is 64.3 cm³/mol. The molecule has 0 saturated heterocycles. The van der Waals surface area contributed by atoms with Crippen molar-refractivity contribution in [1.29, 1.82) is 5.41 Å². The SMILES string of the molecule is CC(C)C(=N)Nc1ccc(OC(F)(F)C(F)(F)F)cc1. The molecule has 0 amide bonds. The zero-order valence-electron chi connectivity index (χ0n) is 10.7. The maximum absolute atomic E-state index is 12.6. The van der Waals surface area contributed by atoms with Crippen LogP contribution in [0.25, 0.3) is 0 Å². The highest BCUT2D eigenvalue weighted by Crippen LogP contribution is 2.37. The number of anilines is 1. The molecule has 0 spiro atoms. The molecular formula is C12H13F5N2O. The Bertz CT molecular complexity index is 468. The maximum atomic E-state index is 12.6. The molecule has 0 heterocycles. The first-order chi connectivity index (χ1) is 9.03. The topological polar surface area (TPSA) is 45.1 Å². The number of benzene rings is 1. The summed E-state index contributed by atoms with van der Waals surface area (Å²) in [5.41, 5.74) is 0.395. The van der Waals surface area contributed by atoms with E-state index >= 15 is 0 Å². The Hall–Kier alpha value is -1.86. The van der Waals surface area contributed by atoms with E-state index in [2.05, 4.69) is 10.1 Å². The minimum absolute atomic E-state index is 0.0690. The lowest BCUT2D eigenvalue weighted by molar-refractivity contribution is -0.360. The zero-order chi connectivity index (χ0) is 15.6. The minimum Gasteiger partial charge on any atom is -0.426 e. The molecule has 2 N–H and O–H groups in total. The Balaban J connectivity index is 2.75. The van der Waals surface area contributed by atoms with E-state index in [4.69, 9.17) is 5.41 Å². The highest BCUT2D eigenvalue weighted by molar-refractivity contribution is 5.94. The van der Waals surface area contributed by atoms with Crippen molar-refractivity contribution in [3.63, 3.8) is 0 Å². The average molecular weight is 296 g/mol. The number of rotatable bonds is 4. The highest BCUT2D eigenvalue weighted by atomic mass is 19.4. The second kappa shape index (κ2) is 5.64. The van der Waals surface area contributed by atoms with E-state index in [1.807, 2.05) is 0 Å². The van der Waals surface area contributed by atoms with Crippen LogP contribution in [0.4, 0.5) is 27.6 Å². The van der Waals surface area contributed by atoms with Gasteiger partial charge in [-0.05, 0) is 24.3 Å². The quantitative estimate of drug-likeness (QED) is 0.495. The maximum Gasteiger partial charge on any atom is 0.499 e. The number of hydrogen-bond donors (Lipinski definition) is 2. The second-order valence-electron chi connectivity index (χ2n) is 4.33. The van der Waals surface area contributed by atoms with Gasteiger partial charge >= 0.3 is 12.3 Å². The van der Waals surface area contributed by atoms with Crippen LogP contribution in [0, 0.1) is 11.3 Å². The smallest absolute Gasteiger partial charge is 0.426 e. The Morgan fingerprint density at radius 1 is 1.10 bits per heavy atom. The van der Waals surface area contributed by atoms with Crippen molar-refractivity contribution < 1.29 is 26.7 Å². The molecule has 0 aliphatic heterocycles.